The van der Waals surface area contributed by atoms with E-state index in [0.29, 0.717) is 12.8 Å². The van der Waals surface area contributed by atoms with E-state index in [4.69, 9.17) is 55.4 Å². The third-order valence-corrected chi connectivity index (χ3v) is 5.93. The molecule has 0 N–H and O–H groups in total. The van der Waals surface area contributed by atoms with Crippen molar-refractivity contribution in [2.24, 2.45) is 0 Å². The molecule has 2 rings (SSSR count). The fourth-order valence-electron chi connectivity index (χ4n) is 3.12. The highest BCUT2D eigenvalue weighted by atomic mass is 32.5. The quantitative estimate of drug-likeness (QED) is 0.377. The molecule has 7 nitrogen and oxygen atoms in total. The van der Waals surface area contributed by atoms with Crippen LogP contribution < -0.4 is 4.89 Å². The van der Waals surface area contributed by atoms with Gasteiger partial charge in [0.2, 0.25) is 0 Å². The summed E-state index contributed by atoms with van der Waals surface area (Å²) < 4.78 is 32.7. The fourth-order valence-corrected chi connectivity index (χ4v) is 4.62. The maximum atomic E-state index is 12.6. The molecule has 3 unspecified atom stereocenters. The second-order valence-corrected chi connectivity index (χ2v) is 9.10. The van der Waals surface area contributed by atoms with Crippen molar-refractivity contribution in [3.63, 3.8) is 0 Å². The molecule has 2 aliphatic rings. The van der Waals surface area contributed by atoms with Gasteiger partial charge in [-0.05, 0) is 19.8 Å². The standard InChI is InChI=1S/C13H23B3O7PS/c1-13(7-18-2)10(5-11(14)22-13)23-24(17,25)20-6-9-8(19-3)4-12(16-15)21-9/h8-12H,4-7H2,1-3H3,(H,17,25)/p-1/t8?,9-,10?,11-,12-,13-,24?/m1/s1. The summed E-state index contributed by atoms with van der Waals surface area (Å²) in [6.45, 7) is -1.80. The topological polar surface area (TPSA) is 78.4 Å². The third-order valence-electron chi connectivity index (χ3n) is 4.38. The predicted molar refractivity (Wildman–Crippen MR) is 96.2 cm³/mol. The number of hydrogen-bond acceptors (Lipinski definition) is 8. The first-order valence-corrected chi connectivity index (χ1v) is 10.6. The van der Waals surface area contributed by atoms with E-state index < -0.39 is 30.5 Å². The van der Waals surface area contributed by atoms with Crippen LogP contribution in [0.4, 0.5) is 0 Å². The van der Waals surface area contributed by atoms with Crippen LogP contribution in [0, 0.1) is 0 Å². The van der Waals surface area contributed by atoms with Crippen LogP contribution >= 0.6 is 6.72 Å². The predicted octanol–water partition coefficient (Wildman–Crippen LogP) is -0.789. The lowest BCUT2D eigenvalue weighted by Crippen LogP contribution is -2.42. The van der Waals surface area contributed by atoms with Crippen LogP contribution in [0.1, 0.15) is 19.8 Å². The van der Waals surface area contributed by atoms with Crippen LogP contribution in [-0.2, 0) is 39.8 Å². The summed E-state index contributed by atoms with van der Waals surface area (Å²) in [5.41, 5.74) is -0.843. The largest absolute Gasteiger partial charge is 0.780 e. The summed E-state index contributed by atoms with van der Waals surface area (Å²) in [4.78, 5) is 12.6. The normalized spacial score (nSPS) is 40.9. The minimum absolute atomic E-state index is 0.0236. The first kappa shape index (κ1) is 21.9. The van der Waals surface area contributed by atoms with Gasteiger partial charge in [-0.25, -0.2) is 0 Å². The van der Waals surface area contributed by atoms with Gasteiger partial charge in [-0.3, -0.25) is 0 Å². The van der Waals surface area contributed by atoms with Gasteiger partial charge in [0.1, 0.15) is 26.3 Å². The van der Waals surface area contributed by atoms with Crippen molar-refractivity contribution in [1.82, 2.24) is 0 Å². The molecule has 12 heteroatoms. The molecular formula is C13H22B3O7PS-. The summed E-state index contributed by atoms with van der Waals surface area (Å²) in [5, 5.41) is 0. The van der Waals surface area contributed by atoms with E-state index in [2.05, 4.69) is 0 Å². The zero-order chi connectivity index (χ0) is 18.7. The van der Waals surface area contributed by atoms with Crippen LogP contribution in [0.2, 0.25) is 0 Å². The van der Waals surface area contributed by atoms with Crippen LogP contribution in [0.3, 0.4) is 0 Å². The molecule has 0 bridgehead atoms. The Labute approximate surface area is 157 Å². The molecule has 25 heavy (non-hydrogen) atoms. The van der Waals surface area contributed by atoms with Crippen molar-refractivity contribution in [1.29, 1.82) is 0 Å². The van der Waals surface area contributed by atoms with Crippen molar-refractivity contribution in [2.75, 3.05) is 27.4 Å². The van der Waals surface area contributed by atoms with Gasteiger partial charge in [0.25, 0.3) is 0 Å². The Bertz CT molecular complexity index is 491. The second kappa shape index (κ2) is 9.17. The van der Waals surface area contributed by atoms with E-state index in [9.17, 15) is 4.89 Å². The first-order chi connectivity index (χ1) is 11.7. The van der Waals surface area contributed by atoms with E-state index in [1.54, 1.807) is 14.0 Å². The van der Waals surface area contributed by atoms with Gasteiger partial charge in [-0.1, -0.05) is 11.8 Å². The minimum Gasteiger partial charge on any atom is -0.780 e. The Morgan fingerprint density at radius 3 is 2.72 bits per heavy atom. The van der Waals surface area contributed by atoms with Gasteiger partial charge in [-0.2, -0.15) is 0 Å². The molecule has 2 saturated heterocycles. The average Bonchev–Trinajstić information content (AvgIpc) is 3.06. The number of rotatable bonds is 9. The van der Waals surface area contributed by atoms with Crippen molar-refractivity contribution in [2.45, 2.75) is 55.7 Å². The van der Waals surface area contributed by atoms with Crippen molar-refractivity contribution >= 4 is 41.3 Å². The molecule has 0 saturated carbocycles. The van der Waals surface area contributed by atoms with Gasteiger partial charge >= 0.3 is 0 Å². The molecule has 0 aromatic rings. The Morgan fingerprint density at radius 1 is 1.40 bits per heavy atom. The van der Waals surface area contributed by atoms with Crippen molar-refractivity contribution in [3.05, 3.63) is 0 Å². The zero-order valence-electron chi connectivity index (χ0n) is 14.7. The van der Waals surface area contributed by atoms with E-state index >= 15 is 0 Å². The second-order valence-electron chi connectivity index (χ2n) is 6.39. The molecule has 0 aliphatic carbocycles. The minimum atomic E-state index is -3.77. The monoisotopic (exact) mass is 386 g/mol. The van der Waals surface area contributed by atoms with Crippen LogP contribution in [0.5, 0.6) is 0 Å². The van der Waals surface area contributed by atoms with Gasteiger partial charge in [0.15, 0.2) is 0 Å². The summed E-state index contributed by atoms with van der Waals surface area (Å²) in [6.07, 6.45) is -0.308. The van der Waals surface area contributed by atoms with E-state index in [1.165, 1.54) is 14.3 Å². The Kier molecular flexibility index (Phi) is 8.02. The Balaban J connectivity index is 1.92. The maximum absolute atomic E-state index is 12.6. The highest BCUT2D eigenvalue weighted by molar-refractivity contribution is 8.06. The molecule has 0 aromatic carbocycles. The molecular weight excluding hydrogens is 364 g/mol. The lowest BCUT2D eigenvalue weighted by atomic mass is 9.51. The van der Waals surface area contributed by atoms with Gasteiger partial charge in [0.05, 0.1) is 32.6 Å². The molecule has 0 aromatic heterocycles. The lowest BCUT2D eigenvalue weighted by molar-refractivity contribution is -0.219. The molecule has 0 spiro atoms. The summed E-state index contributed by atoms with van der Waals surface area (Å²) in [7, 11) is 15.9. The van der Waals surface area contributed by atoms with Crippen molar-refractivity contribution < 1.29 is 32.9 Å². The maximum Gasteiger partial charge on any atom is 0.116 e. The Hall–Kier alpha value is 0.565. The molecule has 0 amide bonds. The summed E-state index contributed by atoms with van der Waals surface area (Å²) in [6, 6.07) is -0.785. The van der Waals surface area contributed by atoms with E-state index in [1.807, 2.05) is 0 Å². The first-order valence-electron chi connectivity index (χ1n) is 8.02. The smallest absolute Gasteiger partial charge is 0.116 e. The molecule has 5 radical (unpaired) electrons. The van der Waals surface area contributed by atoms with Crippen LogP contribution in [0.15, 0.2) is 0 Å². The Morgan fingerprint density at radius 2 is 2.12 bits per heavy atom. The molecule has 137 valence electrons. The van der Waals surface area contributed by atoms with Crippen molar-refractivity contribution in [3.8, 4) is 0 Å². The lowest BCUT2D eigenvalue weighted by Gasteiger charge is -2.37. The number of methoxy groups -OCH3 is 2. The van der Waals surface area contributed by atoms with Gasteiger partial charge in [0, 0.05) is 34.0 Å². The molecule has 2 fully saturated rings. The zero-order valence-corrected chi connectivity index (χ0v) is 16.4. The molecule has 2 heterocycles. The molecule has 7 atom stereocenters. The summed E-state index contributed by atoms with van der Waals surface area (Å²) >= 11 is 5.02. The van der Waals surface area contributed by atoms with Crippen LogP contribution in [-0.4, -0.2) is 86.1 Å². The van der Waals surface area contributed by atoms with Gasteiger partial charge < -0.3 is 32.9 Å². The third kappa shape index (κ3) is 5.77. The van der Waals surface area contributed by atoms with E-state index in [0.717, 1.165) is 0 Å². The number of hydrogen-bond donors (Lipinski definition) is 0. The molecule has 2 aliphatic heterocycles. The van der Waals surface area contributed by atoms with Gasteiger partial charge in [-0.15, -0.1) is 0 Å². The van der Waals surface area contributed by atoms with E-state index in [-0.39, 0.29) is 25.3 Å². The highest BCUT2D eigenvalue weighted by Crippen LogP contribution is 2.46. The average molecular weight is 386 g/mol. The SMILES string of the molecule is [B][B][C@H]1CC(OC)[C@@H](COP([O-])(=S)OC2C[C@H]([B])O[C@]2(C)COC)O1. The fraction of sp³-hybridized carbons (Fsp3) is 1.00. The highest BCUT2D eigenvalue weighted by Gasteiger charge is 2.45. The summed E-state index contributed by atoms with van der Waals surface area (Å²) in [5.74, 6) is 0. The van der Waals surface area contributed by atoms with Crippen LogP contribution in [0.25, 0.3) is 0 Å². The number of ether oxygens (including phenoxy) is 4.